The minimum atomic E-state index is -0.493. The van der Waals surface area contributed by atoms with Crippen LogP contribution in [0.1, 0.15) is 11.5 Å². The van der Waals surface area contributed by atoms with Gasteiger partial charge in [-0.15, -0.1) is 0 Å². The topological polar surface area (TPSA) is 26.0 Å². The van der Waals surface area contributed by atoms with Crippen molar-refractivity contribution in [3.63, 3.8) is 0 Å². The summed E-state index contributed by atoms with van der Waals surface area (Å²) < 4.78 is 19.7. The molecule has 0 radical (unpaired) electrons. The number of rotatable bonds is 3. The zero-order valence-corrected chi connectivity index (χ0v) is 12.8. The lowest BCUT2D eigenvalue weighted by Crippen LogP contribution is -1.81. The Kier molecular flexibility index (Phi) is 3.67. The lowest BCUT2D eigenvalue weighted by molar-refractivity contribution is 0.521. The molecule has 1 aromatic heterocycles. The van der Waals surface area contributed by atoms with Gasteiger partial charge in [0.25, 0.3) is 5.89 Å². The van der Waals surface area contributed by atoms with Crippen LogP contribution >= 0.6 is 0 Å². The maximum absolute atomic E-state index is 14.5. The molecule has 0 saturated carbocycles. The first kappa shape index (κ1) is 14.4. The molecule has 0 aliphatic carbocycles. The van der Waals surface area contributed by atoms with E-state index in [1.807, 2.05) is 72.8 Å². The normalized spacial score (nSPS) is 11.8. The molecule has 4 rings (SSSR count). The first-order chi connectivity index (χ1) is 11.8. The number of hydrogen-bond acceptors (Lipinski definition) is 2. The number of oxazole rings is 1. The highest BCUT2D eigenvalue weighted by Gasteiger charge is 2.10. The molecular formula is C21H14FNO. The van der Waals surface area contributed by atoms with Crippen molar-refractivity contribution in [2.75, 3.05) is 0 Å². The third kappa shape index (κ3) is 2.84. The second-order valence-corrected chi connectivity index (χ2v) is 5.50. The summed E-state index contributed by atoms with van der Waals surface area (Å²) in [4.78, 5) is 4.23. The average Bonchev–Trinajstić information content (AvgIpc) is 3.13. The fourth-order valence-corrected chi connectivity index (χ4v) is 2.63. The van der Waals surface area contributed by atoms with Crippen LogP contribution < -0.4 is 0 Å². The Labute approximate surface area is 138 Å². The molecule has 2 nitrogen and oxygen atoms in total. The Morgan fingerprint density at radius 2 is 1.62 bits per heavy atom. The third-order valence-corrected chi connectivity index (χ3v) is 3.84. The number of nitrogens with zero attached hydrogens (tertiary/aromatic N) is 1. The van der Waals surface area contributed by atoms with E-state index < -0.39 is 5.83 Å². The van der Waals surface area contributed by atoms with Gasteiger partial charge in [-0.1, -0.05) is 66.7 Å². The molecule has 0 atom stereocenters. The fraction of sp³-hybridized carbons (Fsp3) is 0. The molecule has 0 bridgehead atoms. The lowest BCUT2D eigenvalue weighted by Gasteiger charge is -1.99. The monoisotopic (exact) mass is 315 g/mol. The van der Waals surface area contributed by atoms with E-state index in [-0.39, 0.29) is 5.89 Å². The van der Waals surface area contributed by atoms with E-state index in [4.69, 9.17) is 4.42 Å². The second-order valence-electron chi connectivity index (χ2n) is 5.50. The SMILES string of the molecule is F/C(=C\c1ccc2ccccc2c1)c1nc(-c2ccccc2)co1. The van der Waals surface area contributed by atoms with Gasteiger partial charge in [0.05, 0.1) is 0 Å². The summed E-state index contributed by atoms with van der Waals surface area (Å²) in [5.41, 5.74) is 2.28. The van der Waals surface area contributed by atoms with E-state index in [0.29, 0.717) is 5.69 Å². The Hall–Kier alpha value is -3.20. The molecule has 1 heterocycles. The van der Waals surface area contributed by atoms with Gasteiger partial charge in [0, 0.05) is 5.56 Å². The molecular weight excluding hydrogens is 301 g/mol. The number of halogens is 1. The van der Waals surface area contributed by atoms with Crippen LogP contribution in [0.15, 0.2) is 83.5 Å². The number of benzene rings is 3. The van der Waals surface area contributed by atoms with Gasteiger partial charge in [0.15, 0.2) is 5.83 Å². The molecule has 4 aromatic rings. The highest BCUT2D eigenvalue weighted by atomic mass is 19.1. The summed E-state index contributed by atoms with van der Waals surface area (Å²) in [6, 6.07) is 23.3. The van der Waals surface area contributed by atoms with E-state index in [1.54, 1.807) is 0 Å². The van der Waals surface area contributed by atoms with Gasteiger partial charge in [-0.2, -0.15) is 0 Å². The van der Waals surface area contributed by atoms with Crippen molar-refractivity contribution in [1.29, 1.82) is 0 Å². The Bertz CT molecular complexity index is 1020. The molecule has 0 amide bonds. The Morgan fingerprint density at radius 3 is 2.46 bits per heavy atom. The minimum absolute atomic E-state index is 0.0120. The molecule has 0 N–H and O–H groups in total. The highest BCUT2D eigenvalue weighted by molar-refractivity contribution is 5.86. The molecule has 0 aliphatic rings. The van der Waals surface area contributed by atoms with Crippen LogP contribution in [0.5, 0.6) is 0 Å². The van der Waals surface area contributed by atoms with Crippen LogP contribution in [0, 0.1) is 0 Å². The third-order valence-electron chi connectivity index (χ3n) is 3.84. The predicted molar refractivity (Wildman–Crippen MR) is 94.9 cm³/mol. The van der Waals surface area contributed by atoms with Crippen molar-refractivity contribution >= 4 is 22.7 Å². The van der Waals surface area contributed by atoms with E-state index >= 15 is 0 Å². The van der Waals surface area contributed by atoms with Crippen molar-refractivity contribution in [1.82, 2.24) is 4.98 Å². The summed E-state index contributed by atoms with van der Waals surface area (Å²) in [5, 5.41) is 2.19. The predicted octanol–water partition coefficient (Wildman–Crippen LogP) is 5.96. The summed E-state index contributed by atoms with van der Waals surface area (Å²) in [5.74, 6) is -0.505. The van der Waals surface area contributed by atoms with Crippen molar-refractivity contribution < 1.29 is 8.81 Å². The van der Waals surface area contributed by atoms with Crippen LogP contribution in [-0.2, 0) is 0 Å². The van der Waals surface area contributed by atoms with Crippen LogP contribution in [0.2, 0.25) is 0 Å². The molecule has 0 saturated heterocycles. The summed E-state index contributed by atoms with van der Waals surface area (Å²) in [7, 11) is 0. The summed E-state index contributed by atoms with van der Waals surface area (Å²) in [6.45, 7) is 0. The number of fused-ring (bicyclic) bond motifs is 1. The van der Waals surface area contributed by atoms with Crippen molar-refractivity contribution in [3.05, 3.63) is 90.5 Å². The fourth-order valence-electron chi connectivity index (χ4n) is 2.63. The largest absolute Gasteiger partial charge is 0.442 e. The van der Waals surface area contributed by atoms with Gasteiger partial charge in [0.2, 0.25) is 0 Å². The standard InChI is InChI=1S/C21H14FNO/c22-19(13-15-10-11-16-6-4-5-9-18(16)12-15)21-23-20(14-24-21)17-7-2-1-3-8-17/h1-14H/b19-13-. The smallest absolute Gasteiger partial charge is 0.256 e. The maximum atomic E-state index is 14.5. The van der Waals surface area contributed by atoms with Gasteiger partial charge >= 0.3 is 0 Å². The van der Waals surface area contributed by atoms with Crippen LogP contribution in [0.4, 0.5) is 4.39 Å². The highest BCUT2D eigenvalue weighted by Crippen LogP contribution is 2.25. The van der Waals surface area contributed by atoms with Gasteiger partial charge in [-0.25, -0.2) is 9.37 Å². The number of hydrogen-bond donors (Lipinski definition) is 0. The van der Waals surface area contributed by atoms with Crippen molar-refractivity contribution in [2.24, 2.45) is 0 Å². The molecule has 3 aromatic carbocycles. The second kappa shape index (κ2) is 6.13. The van der Waals surface area contributed by atoms with Gasteiger partial charge in [-0.05, 0) is 28.5 Å². The van der Waals surface area contributed by atoms with Crippen LogP contribution in [0.3, 0.4) is 0 Å². The van der Waals surface area contributed by atoms with Crippen molar-refractivity contribution in [2.45, 2.75) is 0 Å². The van der Waals surface area contributed by atoms with Gasteiger partial charge in [0.1, 0.15) is 12.0 Å². The summed E-state index contributed by atoms with van der Waals surface area (Å²) in [6.07, 6.45) is 2.91. The molecule has 116 valence electrons. The lowest BCUT2D eigenvalue weighted by atomic mass is 10.1. The van der Waals surface area contributed by atoms with E-state index in [2.05, 4.69) is 4.98 Å². The molecule has 24 heavy (non-hydrogen) atoms. The van der Waals surface area contributed by atoms with Crippen LogP contribution in [-0.4, -0.2) is 4.98 Å². The molecule has 3 heteroatoms. The Morgan fingerprint density at radius 1 is 0.875 bits per heavy atom. The molecule has 0 spiro atoms. The quantitative estimate of drug-likeness (QED) is 0.466. The summed E-state index contributed by atoms with van der Waals surface area (Å²) >= 11 is 0. The first-order valence-electron chi connectivity index (χ1n) is 7.67. The van der Waals surface area contributed by atoms with Gasteiger partial charge in [-0.3, -0.25) is 0 Å². The number of aromatic nitrogens is 1. The van der Waals surface area contributed by atoms with Crippen molar-refractivity contribution in [3.8, 4) is 11.3 Å². The average molecular weight is 315 g/mol. The molecule has 0 aliphatic heterocycles. The minimum Gasteiger partial charge on any atom is -0.442 e. The Balaban J connectivity index is 1.66. The van der Waals surface area contributed by atoms with E-state index in [9.17, 15) is 4.39 Å². The maximum Gasteiger partial charge on any atom is 0.256 e. The van der Waals surface area contributed by atoms with Gasteiger partial charge < -0.3 is 4.42 Å². The van der Waals surface area contributed by atoms with E-state index in [1.165, 1.54) is 12.3 Å². The zero-order chi connectivity index (χ0) is 16.4. The van der Waals surface area contributed by atoms with E-state index in [0.717, 1.165) is 21.9 Å². The van der Waals surface area contributed by atoms with Crippen LogP contribution in [0.25, 0.3) is 33.9 Å². The molecule has 0 fully saturated rings. The zero-order valence-electron chi connectivity index (χ0n) is 12.8. The first-order valence-corrected chi connectivity index (χ1v) is 7.67. The molecule has 0 unspecified atom stereocenters.